The molecule has 0 aliphatic rings. The molecule has 0 radical (unpaired) electrons. The van der Waals surface area contributed by atoms with Crippen molar-refractivity contribution in [1.82, 2.24) is 9.97 Å². The second kappa shape index (κ2) is 4.51. The van der Waals surface area contributed by atoms with Gasteiger partial charge in [-0.1, -0.05) is 30.0 Å². The number of H-pyrrole nitrogens is 1. The third-order valence-electron chi connectivity index (χ3n) is 2.05. The summed E-state index contributed by atoms with van der Waals surface area (Å²) in [6.07, 6.45) is 3.05. The van der Waals surface area contributed by atoms with E-state index in [2.05, 4.69) is 9.97 Å². The van der Waals surface area contributed by atoms with Gasteiger partial charge in [0.25, 0.3) is 0 Å². The maximum atomic E-state index is 9.59. The Morgan fingerprint density at radius 1 is 1.40 bits per heavy atom. The highest BCUT2D eigenvalue weighted by Crippen LogP contribution is 2.30. The number of benzene rings is 1. The van der Waals surface area contributed by atoms with Crippen molar-refractivity contribution in [3.8, 4) is 0 Å². The maximum Gasteiger partial charge on any atom is 0.170 e. The molecule has 2 rings (SSSR count). The highest BCUT2D eigenvalue weighted by atomic mass is 32.2. The average molecular weight is 220 g/mol. The Morgan fingerprint density at radius 3 is 2.87 bits per heavy atom. The van der Waals surface area contributed by atoms with E-state index >= 15 is 0 Å². The van der Waals surface area contributed by atoms with Crippen molar-refractivity contribution in [3.05, 3.63) is 42.2 Å². The molecule has 2 N–H and O–H groups in total. The SMILES string of the molecule is C[C@H](O)c1ccccc1Sc1ncc[nH]1. The predicted octanol–water partition coefficient (Wildman–Crippen LogP) is 2.61. The van der Waals surface area contributed by atoms with E-state index in [0.717, 1.165) is 15.6 Å². The first-order valence-electron chi connectivity index (χ1n) is 4.71. The normalized spacial score (nSPS) is 12.7. The third-order valence-corrected chi connectivity index (χ3v) is 3.06. The first-order valence-corrected chi connectivity index (χ1v) is 5.53. The van der Waals surface area contributed by atoms with Gasteiger partial charge in [0.05, 0.1) is 6.10 Å². The Balaban J connectivity index is 2.28. The minimum atomic E-state index is -0.455. The van der Waals surface area contributed by atoms with Crippen LogP contribution in [0, 0.1) is 0 Å². The zero-order valence-corrected chi connectivity index (χ0v) is 9.16. The number of aliphatic hydroxyl groups excluding tert-OH is 1. The van der Waals surface area contributed by atoms with Gasteiger partial charge in [-0.2, -0.15) is 0 Å². The average Bonchev–Trinajstić information content (AvgIpc) is 2.71. The number of rotatable bonds is 3. The van der Waals surface area contributed by atoms with E-state index < -0.39 is 6.10 Å². The van der Waals surface area contributed by atoms with Gasteiger partial charge < -0.3 is 10.1 Å². The smallest absolute Gasteiger partial charge is 0.170 e. The molecule has 0 saturated carbocycles. The zero-order chi connectivity index (χ0) is 10.7. The van der Waals surface area contributed by atoms with Gasteiger partial charge >= 0.3 is 0 Å². The fourth-order valence-corrected chi connectivity index (χ4v) is 2.28. The second-order valence-corrected chi connectivity index (χ2v) is 4.24. The molecule has 0 fully saturated rings. The lowest BCUT2D eigenvalue weighted by Crippen LogP contribution is -1.93. The standard InChI is InChI=1S/C11H12N2OS/c1-8(14)9-4-2-3-5-10(9)15-11-12-6-7-13-11/h2-8,14H,1H3,(H,12,13)/t8-/m0/s1. The van der Waals surface area contributed by atoms with Gasteiger partial charge in [0.15, 0.2) is 5.16 Å². The summed E-state index contributed by atoms with van der Waals surface area (Å²) in [4.78, 5) is 8.19. The van der Waals surface area contributed by atoms with E-state index in [1.807, 2.05) is 24.3 Å². The number of aliphatic hydroxyl groups is 1. The Bertz CT molecular complexity index is 426. The Kier molecular flexibility index (Phi) is 3.08. The molecule has 1 atom stereocenters. The van der Waals surface area contributed by atoms with E-state index in [-0.39, 0.29) is 0 Å². The quantitative estimate of drug-likeness (QED) is 0.836. The summed E-state index contributed by atoms with van der Waals surface area (Å²) in [5, 5.41) is 10.4. The van der Waals surface area contributed by atoms with Crippen LogP contribution in [0.15, 0.2) is 46.7 Å². The number of aromatic nitrogens is 2. The second-order valence-electron chi connectivity index (χ2n) is 3.21. The molecule has 0 unspecified atom stereocenters. The molecule has 2 aromatic rings. The molecular formula is C11H12N2OS. The molecular weight excluding hydrogens is 208 g/mol. The Hall–Kier alpha value is -1.26. The highest BCUT2D eigenvalue weighted by molar-refractivity contribution is 7.99. The van der Waals surface area contributed by atoms with Gasteiger partial charge in [0.2, 0.25) is 0 Å². The van der Waals surface area contributed by atoms with Gasteiger partial charge in [-0.25, -0.2) is 4.98 Å². The van der Waals surface area contributed by atoms with E-state index in [9.17, 15) is 5.11 Å². The molecule has 0 aliphatic carbocycles. The van der Waals surface area contributed by atoms with Crippen molar-refractivity contribution in [2.45, 2.75) is 23.1 Å². The number of aromatic amines is 1. The van der Waals surface area contributed by atoms with E-state index in [4.69, 9.17) is 0 Å². The molecule has 0 bridgehead atoms. The largest absolute Gasteiger partial charge is 0.389 e. The van der Waals surface area contributed by atoms with Crippen molar-refractivity contribution >= 4 is 11.8 Å². The van der Waals surface area contributed by atoms with Crippen molar-refractivity contribution in [3.63, 3.8) is 0 Å². The molecule has 3 nitrogen and oxygen atoms in total. The minimum absolute atomic E-state index is 0.455. The van der Waals surface area contributed by atoms with Crippen molar-refractivity contribution in [2.24, 2.45) is 0 Å². The van der Waals surface area contributed by atoms with Crippen LogP contribution < -0.4 is 0 Å². The molecule has 15 heavy (non-hydrogen) atoms. The van der Waals surface area contributed by atoms with E-state index in [1.54, 1.807) is 19.3 Å². The van der Waals surface area contributed by atoms with Crippen molar-refractivity contribution in [1.29, 1.82) is 0 Å². The van der Waals surface area contributed by atoms with Crippen LogP contribution in [-0.2, 0) is 0 Å². The lowest BCUT2D eigenvalue weighted by molar-refractivity contribution is 0.196. The first kappa shape index (κ1) is 10.3. The topological polar surface area (TPSA) is 48.9 Å². The molecule has 1 heterocycles. The monoisotopic (exact) mass is 220 g/mol. The summed E-state index contributed by atoms with van der Waals surface area (Å²) in [5.41, 5.74) is 0.930. The fraction of sp³-hybridized carbons (Fsp3) is 0.182. The summed E-state index contributed by atoms with van der Waals surface area (Å²) in [5.74, 6) is 0. The molecule has 1 aromatic carbocycles. The van der Waals surface area contributed by atoms with Crippen LogP contribution in [0.25, 0.3) is 0 Å². The Morgan fingerprint density at radius 2 is 2.20 bits per heavy atom. The molecule has 1 aromatic heterocycles. The van der Waals surface area contributed by atoms with Gasteiger partial charge in [-0.3, -0.25) is 0 Å². The maximum absolute atomic E-state index is 9.59. The van der Waals surface area contributed by atoms with Gasteiger partial charge in [0, 0.05) is 17.3 Å². The third kappa shape index (κ3) is 2.40. The van der Waals surface area contributed by atoms with Gasteiger partial charge in [-0.15, -0.1) is 0 Å². The minimum Gasteiger partial charge on any atom is -0.389 e. The molecule has 0 aliphatic heterocycles. The first-order chi connectivity index (χ1) is 7.27. The van der Waals surface area contributed by atoms with Crippen LogP contribution in [0.2, 0.25) is 0 Å². The van der Waals surface area contributed by atoms with E-state index in [0.29, 0.717) is 0 Å². The number of imidazole rings is 1. The van der Waals surface area contributed by atoms with Crippen molar-refractivity contribution in [2.75, 3.05) is 0 Å². The highest BCUT2D eigenvalue weighted by Gasteiger charge is 2.08. The zero-order valence-electron chi connectivity index (χ0n) is 8.34. The molecule has 4 heteroatoms. The van der Waals surface area contributed by atoms with Crippen LogP contribution in [0.4, 0.5) is 0 Å². The summed E-state index contributed by atoms with van der Waals surface area (Å²) < 4.78 is 0. The molecule has 0 amide bonds. The number of hydrogen-bond acceptors (Lipinski definition) is 3. The molecule has 0 spiro atoms. The lowest BCUT2D eigenvalue weighted by atomic mass is 10.1. The summed E-state index contributed by atoms with van der Waals surface area (Å²) in [7, 11) is 0. The number of hydrogen-bond donors (Lipinski definition) is 2. The van der Waals surface area contributed by atoms with Crippen LogP contribution >= 0.6 is 11.8 Å². The summed E-state index contributed by atoms with van der Waals surface area (Å²) in [6, 6.07) is 7.79. The van der Waals surface area contributed by atoms with Crippen LogP contribution in [-0.4, -0.2) is 15.1 Å². The Labute approximate surface area is 92.6 Å². The molecule has 0 saturated heterocycles. The van der Waals surface area contributed by atoms with Gasteiger partial charge in [0.1, 0.15) is 0 Å². The lowest BCUT2D eigenvalue weighted by Gasteiger charge is -2.09. The molecule has 78 valence electrons. The van der Waals surface area contributed by atoms with Gasteiger partial charge in [-0.05, 0) is 18.6 Å². The van der Waals surface area contributed by atoms with Crippen molar-refractivity contribution < 1.29 is 5.11 Å². The number of nitrogens with zero attached hydrogens (tertiary/aromatic N) is 1. The summed E-state index contributed by atoms with van der Waals surface area (Å²) >= 11 is 1.52. The van der Waals surface area contributed by atoms with Crippen LogP contribution in [0.1, 0.15) is 18.6 Å². The number of nitrogens with one attached hydrogen (secondary N) is 1. The van der Waals surface area contributed by atoms with Crippen LogP contribution in [0.3, 0.4) is 0 Å². The fourth-order valence-electron chi connectivity index (χ4n) is 1.33. The summed E-state index contributed by atoms with van der Waals surface area (Å²) in [6.45, 7) is 1.77. The van der Waals surface area contributed by atoms with Crippen LogP contribution in [0.5, 0.6) is 0 Å². The van der Waals surface area contributed by atoms with E-state index in [1.165, 1.54) is 11.8 Å². The predicted molar refractivity (Wildman–Crippen MR) is 59.8 cm³/mol.